The van der Waals surface area contributed by atoms with E-state index in [2.05, 4.69) is 4.74 Å². The quantitative estimate of drug-likeness (QED) is 0.396. The van der Waals surface area contributed by atoms with Crippen LogP contribution in [0.3, 0.4) is 0 Å². The van der Waals surface area contributed by atoms with Crippen molar-refractivity contribution in [3.63, 3.8) is 0 Å². The van der Waals surface area contributed by atoms with Crippen molar-refractivity contribution in [1.82, 2.24) is 0 Å². The van der Waals surface area contributed by atoms with Crippen molar-refractivity contribution in [1.29, 1.82) is 0 Å². The predicted octanol–water partition coefficient (Wildman–Crippen LogP) is 1.65. The zero-order valence-electron chi connectivity index (χ0n) is 9.11. The molecule has 1 fully saturated rings. The fourth-order valence-corrected chi connectivity index (χ4v) is 1.36. The zero-order chi connectivity index (χ0) is 10.9. The van der Waals surface area contributed by atoms with Crippen molar-refractivity contribution < 1.29 is 19.0 Å². The van der Waals surface area contributed by atoms with Crippen molar-refractivity contribution in [2.24, 2.45) is 0 Å². The van der Waals surface area contributed by atoms with Crippen LogP contribution in [0.25, 0.3) is 0 Å². The van der Waals surface area contributed by atoms with Crippen LogP contribution >= 0.6 is 0 Å². The topological polar surface area (TPSA) is 44.8 Å². The van der Waals surface area contributed by atoms with Gasteiger partial charge >= 0.3 is 5.97 Å². The lowest BCUT2D eigenvalue weighted by Crippen LogP contribution is -2.22. The molecule has 0 spiro atoms. The Morgan fingerprint density at radius 2 is 2.40 bits per heavy atom. The lowest BCUT2D eigenvalue weighted by Gasteiger charge is -2.22. The van der Waals surface area contributed by atoms with Crippen LogP contribution in [0.1, 0.15) is 25.7 Å². The number of methoxy groups -OCH3 is 1. The molecule has 0 unspecified atom stereocenters. The molecule has 0 aliphatic carbocycles. The van der Waals surface area contributed by atoms with E-state index in [-0.39, 0.29) is 12.3 Å². The van der Waals surface area contributed by atoms with Gasteiger partial charge in [0.25, 0.3) is 0 Å². The van der Waals surface area contributed by atoms with Gasteiger partial charge in [-0.05, 0) is 25.7 Å². The number of ether oxygens (including phenoxy) is 3. The van der Waals surface area contributed by atoms with Gasteiger partial charge in [0, 0.05) is 12.7 Å². The van der Waals surface area contributed by atoms with Crippen LogP contribution in [0.5, 0.6) is 0 Å². The molecule has 0 saturated carbocycles. The smallest absolute Gasteiger partial charge is 0.330 e. The van der Waals surface area contributed by atoms with Crippen molar-refractivity contribution in [2.75, 3.05) is 20.3 Å². The molecule has 0 amide bonds. The van der Waals surface area contributed by atoms with Crippen LogP contribution < -0.4 is 0 Å². The summed E-state index contributed by atoms with van der Waals surface area (Å²) in [6, 6.07) is 0. The largest absolute Gasteiger partial charge is 0.466 e. The van der Waals surface area contributed by atoms with Crippen molar-refractivity contribution >= 4 is 5.97 Å². The highest BCUT2D eigenvalue weighted by atomic mass is 16.7. The van der Waals surface area contributed by atoms with Gasteiger partial charge in [-0.15, -0.1) is 0 Å². The Balaban J connectivity index is 2.00. The molecule has 1 rings (SSSR count). The number of esters is 1. The highest BCUT2D eigenvalue weighted by Gasteiger charge is 2.12. The maximum atomic E-state index is 10.7. The molecule has 0 N–H and O–H groups in total. The summed E-state index contributed by atoms with van der Waals surface area (Å²) in [5.74, 6) is -0.330. The molecule has 1 heterocycles. The minimum atomic E-state index is -0.330. The highest BCUT2D eigenvalue weighted by molar-refractivity contribution is 5.81. The molecule has 1 atom stereocenters. The Morgan fingerprint density at radius 1 is 1.53 bits per heavy atom. The van der Waals surface area contributed by atoms with Gasteiger partial charge in [-0.1, -0.05) is 6.08 Å². The van der Waals surface area contributed by atoms with Gasteiger partial charge in [-0.2, -0.15) is 0 Å². The number of carbonyl (C=O) groups is 1. The summed E-state index contributed by atoms with van der Waals surface area (Å²) < 4.78 is 15.3. The van der Waals surface area contributed by atoms with Crippen molar-refractivity contribution in [3.05, 3.63) is 12.2 Å². The van der Waals surface area contributed by atoms with Crippen LogP contribution in [0.2, 0.25) is 0 Å². The van der Waals surface area contributed by atoms with E-state index in [1.807, 2.05) is 0 Å². The predicted molar refractivity (Wildman–Crippen MR) is 55.3 cm³/mol. The summed E-state index contributed by atoms with van der Waals surface area (Å²) in [4.78, 5) is 10.7. The van der Waals surface area contributed by atoms with Crippen molar-refractivity contribution in [3.8, 4) is 0 Å². The first-order valence-electron chi connectivity index (χ1n) is 5.30. The summed E-state index contributed by atoms with van der Waals surface area (Å²) in [6.45, 7) is 1.38. The third-order valence-electron chi connectivity index (χ3n) is 2.18. The Labute approximate surface area is 90.2 Å². The van der Waals surface area contributed by atoms with Gasteiger partial charge in [0.2, 0.25) is 0 Å². The Morgan fingerprint density at radius 3 is 3.07 bits per heavy atom. The average Bonchev–Trinajstić information content (AvgIpc) is 2.29. The van der Waals surface area contributed by atoms with Gasteiger partial charge in [-0.25, -0.2) is 4.79 Å². The van der Waals surface area contributed by atoms with E-state index in [1.165, 1.54) is 19.6 Å². The molecule has 1 saturated heterocycles. The second-order valence-corrected chi connectivity index (χ2v) is 3.38. The fourth-order valence-electron chi connectivity index (χ4n) is 1.36. The molecule has 86 valence electrons. The van der Waals surface area contributed by atoms with E-state index in [1.54, 1.807) is 6.08 Å². The van der Waals surface area contributed by atoms with Gasteiger partial charge in [0.15, 0.2) is 6.29 Å². The summed E-state index contributed by atoms with van der Waals surface area (Å²) in [5, 5.41) is 0. The molecule has 0 aromatic heterocycles. The van der Waals surface area contributed by atoms with E-state index in [4.69, 9.17) is 9.47 Å². The van der Waals surface area contributed by atoms with Gasteiger partial charge in [0.05, 0.1) is 13.7 Å². The lowest BCUT2D eigenvalue weighted by molar-refractivity contribution is -0.161. The molecule has 0 aromatic carbocycles. The second kappa shape index (κ2) is 7.43. The third-order valence-corrected chi connectivity index (χ3v) is 2.18. The molecule has 0 bridgehead atoms. The van der Waals surface area contributed by atoms with Crippen LogP contribution in [-0.4, -0.2) is 32.6 Å². The first kappa shape index (κ1) is 12.2. The number of carbonyl (C=O) groups excluding carboxylic acids is 1. The molecule has 15 heavy (non-hydrogen) atoms. The van der Waals surface area contributed by atoms with E-state index in [0.717, 1.165) is 19.4 Å². The number of hydrogen-bond acceptors (Lipinski definition) is 4. The molecule has 4 nitrogen and oxygen atoms in total. The molecule has 1 aliphatic rings. The monoisotopic (exact) mass is 214 g/mol. The van der Waals surface area contributed by atoms with Gasteiger partial charge < -0.3 is 14.2 Å². The normalized spacial score (nSPS) is 21.8. The SMILES string of the molecule is COC(=O)/C=C/CCO[C@H]1CCCCO1. The molecule has 4 heteroatoms. The summed E-state index contributed by atoms with van der Waals surface area (Å²) in [6.07, 6.45) is 7.07. The van der Waals surface area contributed by atoms with E-state index >= 15 is 0 Å². The zero-order valence-corrected chi connectivity index (χ0v) is 9.11. The molecular formula is C11H18O4. The van der Waals surface area contributed by atoms with Crippen LogP contribution in [0.4, 0.5) is 0 Å². The minimum Gasteiger partial charge on any atom is -0.466 e. The molecule has 0 aromatic rings. The number of hydrogen-bond donors (Lipinski definition) is 0. The molecular weight excluding hydrogens is 196 g/mol. The van der Waals surface area contributed by atoms with Crippen molar-refractivity contribution in [2.45, 2.75) is 32.0 Å². The second-order valence-electron chi connectivity index (χ2n) is 3.38. The Kier molecular flexibility index (Phi) is 6.04. The maximum absolute atomic E-state index is 10.7. The van der Waals surface area contributed by atoms with E-state index < -0.39 is 0 Å². The fraction of sp³-hybridized carbons (Fsp3) is 0.727. The Bertz CT molecular complexity index is 207. The first-order valence-corrected chi connectivity index (χ1v) is 5.30. The lowest BCUT2D eigenvalue weighted by atomic mass is 10.2. The standard InChI is InChI=1S/C11H18O4/c1-13-10(12)6-2-4-8-14-11-7-3-5-9-15-11/h2,6,11H,3-5,7-9H2,1H3/b6-2+/t11-/m1/s1. The van der Waals surface area contributed by atoms with E-state index in [0.29, 0.717) is 13.0 Å². The summed E-state index contributed by atoms with van der Waals surface area (Å²) >= 11 is 0. The molecule has 0 radical (unpaired) electrons. The summed E-state index contributed by atoms with van der Waals surface area (Å²) in [5.41, 5.74) is 0. The van der Waals surface area contributed by atoms with Gasteiger partial charge in [-0.3, -0.25) is 0 Å². The van der Waals surface area contributed by atoms with Crippen LogP contribution in [0, 0.1) is 0 Å². The molecule has 1 aliphatic heterocycles. The third kappa shape index (κ3) is 5.54. The minimum absolute atomic E-state index is 0.0507. The van der Waals surface area contributed by atoms with Crippen LogP contribution in [0.15, 0.2) is 12.2 Å². The van der Waals surface area contributed by atoms with Gasteiger partial charge in [0.1, 0.15) is 0 Å². The number of rotatable bonds is 5. The van der Waals surface area contributed by atoms with E-state index in [9.17, 15) is 4.79 Å². The summed E-state index contributed by atoms with van der Waals surface area (Å²) in [7, 11) is 1.36. The van der Waals surface area contributed by atoms with Crippen LogP contribution in [-0.2, 0) is 19.0 Å². The maximum Gasteiger partial charge on any atom is 0.330 e. The first-order chi connectivity index (χ1) is 7.33. The average molecular weight is 214 g/mol. The Hall–Kier alpha value is -0.870. The highest BCUT2D eigenvalue weighted by Crippen LogP contribution is 2.13.